The normalized spacial score (nSPS) is 11.0. The van der Waals surface area contributed by atoms with Gasteiger partial charge in [-0.25, -0.2) is 0 Å². The minimum Gasteiger partial charge on any atom is -0.355 e. The Hall–Kier alpha value is -2.33. The molecule has 0 aliphatic rings. The summed E-state index contributed by atoms with van der Waals surface area (Å²) in [6.45, 7) is 4.08. The van der Waals surface area contributed by atoms with Crippen molar-refractivity contribution in [2.45, 2.75) is 33.2 Å². The SMILES string of the molecule is CC(C)(C(=O)NCCCc1ccccc1)C(=O)NCc1ccccc1Cl. The molecule has 0 saturated carbocycles. The minimum absolute atomic E-state index is 0.276. The Bertz CT molecular complexity index is 745. The molecule has 0 aromatic heterocycles. The number of benzene rings is 2. The van der Waals surface area contributed by atoms with Crippen LogP contribution in [0.5, 0.6) is 0 Å². The van der Waals surface area contributed by atoms with Gasteiger partial charge in [-0.3, -0.25) is 9.59 Å². The van der Waals surface area contributed by atoms with E-state index in [0.717, 1.165) is 18.4 Å². The van der Waals surface area contributed by atoms with Crippen molar-refractivity contribution in [1.29, 1.82) is 0 Å². The summed E-state index contributed by atoms with van der Waals surface area (Å²) in [6, 6.07) is 17.4. The number of amides is 2. The van der Waals surface area contributed by atoms with Crippen molar-refractivity contribution in [3.8, 4) is 0 Å². The highest BCUT2D eigenvalue weighted by Gasteiger charge is 2.35. The van der Waals surface area contributed by atoms with Gasteiger partial charge in [-0.15, -0.1) is 0 Å². The maximum Gasteiger partial charge on any atom is 0.235 e. The summed E-state index contributed by atoms with van der Waals surface area (Å²) in [4.78, 5) is 24.8. The van der Waals surface area contributed by atoms with E-state index in [2.05, 4.69) is 22.8 Å². The van der Waals surface area contributed by atoms with Crippen LogP contribution in [-0.4, -0.2) is 18.4 Å². The summed E-state index contributed by atoms with van der Waals surface area (Å²) < 4.78 is 0. The van der Waals surface area contributed by atoms with E-state index in [1.54, 1.807) is 19.9 Å². The second kappa shape index (κ2) is 9.39. The molecule has 0 aliphatic heterocycles. The van der Waals surface area contributed by atoms with E-state index in [0.29, 0.717) is 18.1 Å². The van der Waals surface area contributed by atoms with Crippen LogP contribution in [0.15, 0.2) is 54.6 Å². The first-order chi connectivity index (χ1) is 12.4. The molecule has 138 valence electrons. The fourth-order valence-electron chi connectivity index (χ4n) is 2.50. The van der Waals surface area contributed by atoms with Crippen LogP contribution in [0, 0.1) is 5.41 Å². The second-order valence-electron chi connectivity index (χ2n) is 6.74. The summed E-state index contributed by atoms with van der Waals surface area (Å²) in [5, 5.41) is 6.24. The van der Waals surface area contributed by atoms with Gasteiger partial charge in [-0.1, -0.05) is 60.1 Å². The molecule has 0 bridgehead atoms. The molecule has 0 unspecified atom stereocenters. The molecule has 2 amide bonds. The van der Waals surface area contributed by atoms with E-state index in [9.17, 15) is 9.59 Å². The fraction of sp³-hybridized carbons (Fsp3) is 0.333. The zero-order chi connectivity index (χ0) is 19.0. The number of carbonyl (C=O) groups is 2. The van der Waals surface area contributed by atoms with Crippen molar-refractivity contribution in [1.82, 2.24) is 10.6 Å². The van der Waals surface area contributed by atoms with Crippen molar-refractivity contribution < 1.29 is 9.59 Å². The summed E-state index contributed by atoms with van der Waals surface area (Å²) in [6.07, 6.45) is 1.72. The smallest absolute Gasteiger partial charge is 0.235 e. The zero-order valence-electron chi connectivity index (χ0n) is 15.2. The lowest BCUT2D eigenvalue weighted by molar-refractivity contribution is -0.141. The topological polar surface area (TPSA) is 58.2 Å². The Kier molecular flexibility index (Phi) is 7.22. The van der Waals surface area contributed by atoms with Crippen LogP contribution >= 0.6 is 11.6 Å². The third kappa shape index (κ3) is 5.60. The lowest BCUT2D eigenvalue weighted by Gasteiger charge is -2.23. The van der Waals surface area contributed by atoms with Gasteiger partial charge in [0.15, 0.2) is 0 Å². The number of halogens is 1. The summed E-state index contributed by atoms with van der Waals surface area (Å²) in [5.74, 6) is -0.597. The molecule has 26 heavy (non-hydrogen) atoms. The van der Waals surface area contributed by atoms with Crippen LogP contribution < -0.4 is 10.6 Å². The molecule has 2 aromatic rings. The number of rotatable bonds is 8. The average Bonchev–Trinajstić information content (AvgIpc) is 2.65. The third-order valence-electron chi connectivity index (χ3n) is 4.30. The average molecular weight is 373 g/mol. The highest BCUT2D eigenvalue weighted by molar-refractivity contribution is 6.31. The zero-order valence-corrected chi connectivity index (χ0v) is 16.0. The Morgan fingerprint density at radius 2 is 1.54 bits per heavy atom. The van der Waals surface area contributed by atoms with Gasteiger partial charge >= 0.3 is 0 Å². The monoisotopic (exact) mass is 372 g/mol. The lowest BCUT2D eigenvalue weighted by atomic mass is 9.91. The van der Waals surface area contributed by atoms with E-state index in [1.165, 1.54) is 5.56 Å². The Morgan fingerprint density at radius 1 is 0.923 bits per heavy atom. The highest BCUT2D eigenvalue weighted by Crippen LogP contribution is 2.18. The maximum atomic E-state index is 12.4. The number of hydrogen-bond donors (Lipinski definition) is 2. The molecule has 2 aromatic carbocycles. The highest BCUT2D eigenvalue weighted by atomic mass is 35.5. The first kappa shape index (κ1) is 20.0. The Labute approximate surface area is 159 Å². The third-order valence-corrected chi connectivity index (χ3v) is 4.67. The molecule has 4 nitrogen and oxygen atoms in total. The second-order valence-corrected chi connectivity index (χ2v) is 7.15. The first-order valence-corrected chi connectivity index (χ1v) is 9.13. The molecular weight excluding hydrogens is 348 g/mol. The molecule has 0 heterocycles. The summed E-state index contributed by atoms with van der Waals surface area (Å²) in [7, 11) is 0. The van der Waals surface area contributed by atoms with Crippen LogP contribution in [0.1, 0.15) is 31.4 Å². The van der Waals surface area contributed by atoms with Gasteiger partial charge in [-0.2, -0.15) is 0 Å². The quantitative estimate of drug-likeness (QED) is 0.548. The van der Waals surface area contributed by atoms with E-state index < -0.39 is 5.41 Å². The van der Waals surface area contributed by atoms with Gasteiger partial charge < -0.3 is 10.6 Å². The first-order valence-electron chi connectivity index (χ1n) is 8.75. The molecular formula is C21H25ClN2O2. The largest absolute Gasteiger partial charge is 0.355 e. The van der Waals surface area contributed by atoms with Crippen LogP contribution in [-0.2, 0) is 22.6 Å². The number of hydrogen-bond acceptors (Lipinski definition) is 2. The van der Waals surface area contributed by atoms with Crippen LogP contribution in [0.3, 0.4) is 0 Å². The minimum atomic E-state index is -1.14. The molecule has 0 saturated heterocycles. The molecule has 0 radical (unpaired) electrons. The molecule has 5 heteroatoms. The van der Waals surface area contributed by atoms with Gasteiger partial charge in [0.05, 0.1) is 0 Å². The molecule has 0 fully saturated rings. The van der Waals surface area contributed by atoms with Gasteiger partial charge in [-0.05, 0) is 43.9 Å². The molecule has 0 atom stereocenters. The molecule has 0 spiro atoms. The van der Waals surface area contributed by atoms with Gasteiger partial charge in [0.1, 0.15) is 5.41 Å². The molecule has 2 N–H and O–H groups in total. The van der Waals surface area contributed by atoms with Crippen molar-refractivity contribution in [2.24, 2.45) is 5.41 Å². The van der Waals surface area contributed by atoms with Gasteiger partial charge in [0, 0.05) is 18.1 Å². The van der Waals surface area contributed by atoms with Crippen molar-refractivity contribution in [3.63, 3.8) is 0 Å². The van der Waals surface area contributed by atoms with E-state index in [4.69, 9.17) is 11.6 Å². The van der Waals surface area contributed by atoms with E-state index in [-0.39, 0.29) is 11.8 Å². The fourth-order valence-corrected chi connectivity index (χ4v) is 2.70. The maximum absolute atomic E-state index is 12.4. The Morgan fingerprint density at radius 3 is 2.23 bits per heavy atom. The predicted molar refractivity (Wildman–Crippen MR) is 105 cm³/mol. The number of carbonyl (C=O) groups excluding carboxylic acids is 2. The van der Waals surface area contributed by atoms with E-state index >= 15 is 0 Å². The molecule has 0 aliphatic carbocycles. The predicted octanol–water partition coefficient (Wildman–Crippen LogP) is 3.73. The summed E-state index contributed by atoms with van der Waals surface area (Å²) in [5.41, 5.74) is 0.911. The van der Waals surface area contributed by atoms with Crippen LogP contribution in [0.25, 0.3) is 0 Å². The van der Waals surface area contributed by atoms with E-state index in [1.807, 2.05) is 36.4 Å². The van der Waals surface area contributed by atoms with Gasteiger partial charge in [0.25, 0.3) is 0 Å². The number of aryl methyl sites for hydroxylation is 1. The lowest BCUT2D eigenvalue weighted by Crippen LogP contribution is -2.47. The number of nitrogens with one attached hydrogen (secondary N) is 2. The summed E-state index contributed by atoms with van der Waals surface area (Å²) >= 11 is 6.09. The van der Waals surface area contributed by atoms with Crippen molar-refractivity contribution >= 4 is 23.4 Å². The van der Waals surface area contributed by atoms with Crippen LogP contribution in [0.2, 0.25) is 5.02 Å². The van der Waals surface area contributed by atoms with Gasteiger partial charge in [0.2, 0.25) is 11.8 Å². The Balaban J connectivity index is 1.78. The van der Waals surface area contributed by atoms with Crippen molar-refractivity contribution in [3.05, 3.63) is 70.7 Å². The van der Waals surface area contributed by atoms with Crippen LogP contribution in [0.4, 0.5) is 0 Å². The standard InChI is InChI=1S/C21H25ClN2O2/c1-21(2,20(26)24-15-17-12-6-7-13-18(17)22)19(25)23-14-8-11-16-9-4-3-5-10-16/h3-7,9-10,12-13H,8,11,14-15H2,1-2H3,(H,23,25)(H,24,26). The molecule has 2 rings (SSSR count). The van der Waals surface area contributed by atoms with Crippen molar-refractivity contribution in [2.75, 3.05) is 6.54 Å².